The van der Waals surface area contributed by atoms with Crippen molar-refractivity contribution < 1.29 is 4.79 Å². The Morgan fingerprint density at radius 3 is 2.57 bits per heavy atom. The summed E-state index contributed by atoms with van der Waals surface area (Å²) in [6, 6.07) is 20.0. The maximum atomic E-state index is 12.8. The minimum atomic E-state index is -0.237. The molecule has 1 aromatic heterocycles. The number of anilines is 1. The van der Waals surface area contributed by atoms with Crippen LogP contribution in [0.5, 0.6) is 0 Å². The van der Waals surface area contributed by atoms with Crippen LogP contribution in [-0.2, 0) is 6.54 Å². The van der Waals surface area contributed by atoms with Crippen molar-refractivity contribution in [3.05, 3.63) is 83.7 Å². The van der Waals surface area contributed by atoms with Gasteiger partial charge in [-0.3, -0.25) is 4.79 Å². The number of fused-ring (bicyclic) bond motifs is 3. The molecule has 0 saturated carbocycles. The van der Waals surface area contributed by atoms with Gasteiger partial charge in [0.25, 0.3) is 5.91 Å². The van der Waals surface area contributed by atoms with Gasteiger partial charge < -0.3 is 9.47 Å². The van der Waals surface area contributed by atoms with Crippen molar-refractivity contribution in [2.24, 2.45) is 4.99 Å². The molecular formula is C23H21N3OS. The Morgan fingerprint density at radius 2 is 1.86 bits per heavy atom. The van der Waals surface area contributed by atoms with E-state index in [-0.39, 0.29) is 5.91 Å². The number of nitrogens with zero attached hydrogens (tertiary/aromatic N) is 3. The molecule has 140 valence electrons. The minimum Gasteiger partial charge on any atom is -0.378 e. The summed E-state index contributed by atoms with van der Waals surface area (Å²) < 4.78 is 3.18. The van der Waals surface area contributed by atoms with Crippen molar-refractivity contribution in [2.45, 2.75) is 6.54 Å². The molecule has 0 bridgehead atoms. The van der Waals surface area contributed by atoms with Crippen molar-refractivity contribution in [2.75, 3.05) is 19.0 Å². The van der Waals surface area contributed by atoms with E-state index in [1.54, 1.807) is 11.3 Å². The van der Waals surface area contributed by atoms with Gasteiger partial charge in [0.05, 0.1) is 10.2 Å². The second-order valence-corrected chi connectivity index (χ2v) is 7.75. The van der Waals surface area contributed by atoms with Gasteiger partial charge in [0.15, 0.2) is 4.80 Å². The second-order valence-electron chi connectivity index (χ2n) is 6.78. The van der Waals surface area contributed by atoms with Crippen LogP contribution in [-0.4, -0.2) is 24.6 Å². The predicted octanol–water partition coefficient (Wildman–Crippen LogP) is 4.85. The Balaban J connectivity index is 1.86. The van der Waals surface area contributed by atoms with Crippen molar-refractivity contribution in [1.29, 1.82) is 0 Å². The highest BCUT2D eigenvalue weighted by atomic mass is 32.1. The maximum absolute atomic E-state index is 12.8. The molecule has 0 radical (unpaired) electrons. The Kier molecular flexibility index (Phi) is 4.84. The minimum absolute atomic E-state index is 0.237. The highest BCUT2D eigenvalue weighted by Crippen LogP contribution is 2.27. The van der Waals surface area contributed by atoms with Crippen LogP contribution in [0.2, 0.25) is 0 Å². The number of carbonyl (C=O) groups excluding carboxylic acids is 1. The molecule has 4 rings (SSSR count). The third-order valence-electron chi connectivity index (χ3n) is 4.71. The number of aromatic nitrogens is 1. The van der Waals surface area contributed by atoms with E-state index in [4.69, 9.17) is 0 Å². The molecule has 0 unspecified atom stereocenters. The summed E-state index contributed by atoms with van der Waals surface area (Å²) in [6.07, 6.45) is 1.83. The molecule has 0 atom stereocenters. The normalized spacial score (nSPS) is 11.9. The first-order chi connectivity index (χ1) is 13.6. The summed E-state index contributed by atoms with van der Waals surface area (Å²) in [5.41, 5.74) is 2.70. The van der Waals surface area contributed by atoms with Gasteiger partial charge in [-0.25, -0.2) is 0 Å². The molecule has 0 aliphatic carbocycles. The largest absolute Gasteiger partial charge is 0.378 e. The number of carbonyl (C=O) groups is 1. The van der Waals surface area contributed by atoms with Crippen LogP contribution in [0.1, 0.15) is 10.4 Å². The number of hydrogen-bond donors (Lipinski definition) is 0. The number of hydrogen-bond acceptors (Lipinski definition) is 3. The van der Waals surface area contributed by atoms with Crippen LogP contribution in [0.25, 0.3) is 21.0 Å². The molecule has 0 N–H and O–H groups in total. The zero-order valence-electron chi connectivity index (χ0n) is 15.9. The van der Waals surface area contributed by atoms with E-state index < -0.39 is 0 Å². The standard InChI is InChI=1S/C23H21N3OS/c1-4-15-26-20-14-11-16-7-5-6-8-19(16)21(20)28-23(26)24-22(27)17-9-12-18(13-10-17)25(2)3/h4-14H,1,15H2,2-3H3. The second kappa shape index (κ2) is 7.44. The highest BCUT2D eigenvalue weighted by Gasteiger charge is 2.11. The molecule has 0 fully saturated rings. The van der Waals surface area contributed by atoms with Gasteiger partial charge >= 0.3 is 0 Å². The van der Waals surface area contributed by atoms with E-state index >= 15 is 0 Å². The summed E-state index contributed by atoms with van der Waals surface area (Å²) in [7, 11) is 3.95. The lowest BCUT2D eigenvalue weighted by Crippen LogP contribution is -2.16. The molecule has 3 aromatic carbocycles. The smallest absolute Gasteiger partial charge is 0.279 e. The SMILES string of the molecule is C=CCn1c(=NC(=O)c2ccc(N(C)C)cc2)sc2c3ccccc3ccc21. The first kappa shape index (κ1) is 18.2. The molecule has 0 saturated heterocycles. The average molecular weight is 388 g/mol. The van der Waals surface area contributed by atoms with Crippen LogP contribution in [0.3, 0.4) is 0 Å². The van der Waals surface area contributed by atoms with E-state index in [1.807, 2.05) is 66.0 Å². The van der Waals surface area contributed by atoms with Crippen LogP contribution < -0.4 is 9.70 Å². The zero-order chi connectivity index (χ0) is 19.7. The van der Waals surface area contributed by atoms with E-state index in [1.165, 1.54) is 10.8 Å². The Bertz CT molecular complexity index is 1250. The molecule has 0 aliphatic heterocycles. The molecule has 0 aliphatic rings. The average Bonchev–Trinajstić information content (AvgIpc) is 3.06. The number of thiazole rings is 1. The van der Waals surface area contributed by atoms with Gasteiger partial charge in [-0.15, -0.1) is 6.58 Å². The van der Waals surface area contributed by atoms with Crippen LogP contribution >= 0.6 is 11.3 Å². The summed E-state index contributed by atoms with van der Waals surface area (Å²) in [6.45, 7) is 4.46. The molecule has 5 heteroatoms. The van der Waals surface area contributed by atoms with Crippen LogP contribution in [0.4, 0.5) is 5.69 Å². The lowest BCUT2D eigenvalue weighted by Gasteiger charge is -2.11. The monoisotopic (exact) mass is 387 g/mol. The van der Waals surface area contributed by atoms with E-state index in [2.05, 4.69) is 35.8 Å². The number of benzene rings is 3. The van der Waals surface area contributed by atoms with Crippen molar-refractivity contribution >= 4 is 43.9 Å². The fraction of sp³-hybridized carbons (Fsp3) is 0.130. The molecule has 4 nitrogen and oxygen atoms in total. The van der Waals surface area contributed by atoms with Gasteiger partial charge in [0.2, 0.25) is 0 Å². The van der Waals surface area contributed by atoms with Gasteiger partial charge in [0, 0.05) is 37.3 Å². The Labute approximate surface area is 167 Å². The third-order valence-corrected chi connectivity index (χ3v) is 5.84. The first-order valence-electron chi connectivity index (χ1n) is 9.07. The fourth-order valence-corrected chi connectivity index (χ4v) is 4.42. The molecule has 4 aromatic rings. The van der Waals surface area contributed by atoms with Gasteiger partial charge in [0.1, 0.15) is 0 Å². The quantitative estimate of drug-likeness (QED) is 0.470. The van der Waals surface area contributed by atoms with Crippen LogP contribution in [0, 0.1) is 0 Å². The lowest BCUT2D eigenvalue weighted by atomic mass is 10.1. The zero-order valence-corrected chi connectivity index (χ0v) is 16.7. The first-order valence-corrected chi connectivity index (χ1v) is 9.88. The van der Waals surface area contributed by atoms with Gasteiger partial charge in [-0.05, 0) is 35.7 Å². The Hall–Kier alpha value is -3.18. The van der Waals surface area contributed by atoms with E-state index in [0.29, 0.717) is 16.9 Å². The third kappa shape index (κ3) is 3.25. The summed E-state index contributed by atoms with van der Waals surface area (Å²) in [5.74, 6) is -0.237. The summed E-state index contributed by atoms with van der Waals surface area (Å²) >= 11 is 1.54. The lowest BCUT2D eigenvalue weighted by molar-refractivity contribution is 0.0998. The van der Waals surface area contributed by atoms with Crippen molar-refractivity contribution in [1.82, 2.24) is 4.57 Å². The fourth-order valence-electron chi connectivity index (χ4n) is 3.24. The number of rotatable bonds is 4. The van der Waals surface area contributed by atoms with E-state index in [9.17, 15) is 4.79 Å². The number of allylic oxidation sites excluding steroid dienone is 1. The summed E-state index contributed by atoms with van der Waals surface area (Å²) in [4.78, 5) is 19.9. The van der Waals surface area contributed by atoms with E-state index in [0.717, 1.165) is 15.9 Å². The summed E-state index contributed by atoms with van der Waals surface area (Å²) in [5, 5.41) is 2.35. The molecule has 1 heterocycles. The molecule has 28 heavy (non-hydrogen) atoms. The van der Waals surface area contributed by atoms with Crippen LogP contribution in [0.15, 0.2) is 78.3 Å². The Morgan fingerprint density at radius 1 is 1.11 bits per heavy atom. The van der Waals surface area contributed by atoms with Crippen molar-refractivity contribution in [3.63, 3.8) is 0 Å². The van der Waals surface area contributed by atoms with Crippen molar-refractivity contribution in [3.8, 4) is 0 Å². The van der Waals surface area contributed by atoms with Gasteiger partial charge in [-0.1, -0.05) is 47.7 Å². The predicted molar refractivity (Wildman–Crippen MR) is 118 cm³/mol. The highest BCUT2D eigenvalue weighted by molar-refractivity contribution is 7.17. The van der Waals surface area contributed by atoms with Gasteiger partial charge in [-0.2, -0.15) is 4.99 Å². The molecule has 1 amide bonds. The topological polar surface area (TPSA) is 37.6 Å². The number of amides is 1. The molecule has 0 spiro atoms. The maximum Gasteiger partial charge on any atom is 0.279 e. The molecular weight excluding hydrogens is 366 g/mol.